The van der Waals surface area contributed by atoms with E-state index in [9.17, 15) is 5.11 Å². The molecule has 88 valence electrons. The number of methoxy groups -OCH3 is 1. The number of rotatable bonds is 5. The first-order valence-corrected chi connectivity index (χ1v) is 4.41. The minimum Gasteiger partial charge on any atom is -0.508 e. The van der Waals surface area contributed by atoms with Crippen molar-refractivity contribution in [1.82, 2.24) is 5.43 Å². The van der Waals surface area contributed by atoms with Crippen LogP contribution in [0.3, 0.4) is 0 Å². The highest BCUT2D eigenvalue weighted by molar-refractivity contribution is 5.85. The number of ether oxygens (including phenoxy) is 1. The summed E-state index contributed by atoms with van der Waals surface area (Å²) in [4.78, 5) is 0. The number of hydrogen-bond acceptors (Lipinski definition) is 4. The summed E-state index contributed by atoms with van der Waals surface area (Å²) in [7, 11) is 1.54. The van der Waals surface area contributed by atoms with Gasteiger partial charge in [-0.3, -0.25) is 5.41 Å². The molecule has 0 aliphatic heterocycles. The second-order valence-corrected chi connectivity index (χ2v) is 2.83. The molecule has 0 aromatic carbocycles. The van der Waals surface area contributed by atoms with Gasteiger partial charge in [0.15, 0.2) is 0 Å². The van der Waals surface area contributed by atoms with Crippen molar-refractivity contribution in [3.8, 4) is 0 Å². The van der Waals surface area contributed by atoms with Crippen LogP contribution in [0.25, 0.3) is 0 Å². The molecule has 0 radical (unpaired) electrons. The Morgan fingerprint density at radius 1 is 1.56 bits per heavy atom. The standard InChI is InChI=1S/C10H16N4O2/c1-7(16-3)4-5-9(8(2)15)6-13-14-10(11)12/h4-6,15H,2H2,1,3H3,(H4,11,12,14)/b7-4+,9-5-,13-6+. The third kappa shape index (κ3) is 6.25. The van der Waals surface area contributed by atoms with E-state index in [1.165, 1.54) is 6.21 Å². The Labute approximate surface area is 94.3 Å². The first kappa shape index (κ1) is 13.8. The number of hydrazone groups is 1. The zero-order valence-corrected chi connectivity index (χ0v) is 9.32. The highest BCUT2D eigenvalue weighted by Crippen LogP contribution is 2.03. The first-order chi connectivity index (χ1) is 7.47. The number of nitrogens with zero attached hydrogens (tertiary/aromatic N) is 1. The van der Waals surface area contributed by atoms with Gasteiger partial charge in [0.2, 0.25) is 5.96 Å². The van der Waals surface area contributed by atoms with Crippen LogP contribution in [-0.4, -0.2) is 24.4 Å². The van der Waals surface area contributed by atoms with Gasteiger partial charge in [-0.05, 0) is 19.1 Å². The number of aliphatic hydroxyl groups is 1. The lowest BCUT2D eigenvalue weighted by Crippen LogP contribution is -2.25. The van der Waals surface area contributed by atoms with Gasteiger partial charge < -0.3 is 15.6 Å². The van der Waals surface area contributed by atoms with E-state index in [0.717, 1.165) is 0 Å². The van der Waals surface area contributed by atoms with E-state index in [1.807, 2.05) is 0 Å². The molecular formula is C10H16N4O2. The fourth-order valence-electron chi connectivity index (χ4n) is 0.660. The van der Waals surface area contributed by atoms with E-state index in [-0.39, 0.29) is 11.7 Å². The van der Waals surface area contributed by atoms with Crippen LogP contribution in [0.15, 0.2) is 40.9 Å². The van der Waals surface area contributed by atoms with Gasteiger partial charge in [-0.25, -0.2) is 5.43 Å². The normalized spacial score (nSPS) is 12.6. The molecule has 6 nitrogen and oxygen atoms in total. The molecule has 0 rings (SSSR count). The monoisotopic (exact) mass is 224 g/mol. The predicted molar refractivity (Wildman–Crippen MR) is 64.2 cm³/mol. The lowest BCUT2D eigenvalue weighted by Gasteiger charge is -1.99. The Balaban J connectivity index is 4.69. The van der Waals surface area contributed by atoms with Crippen LogP contribution in [0.4, 0.5) is 0 Å². The average Bonchev–Trinajstić information content (AvgIpc) is 2.21. The Bertz CT molecular complexity index is 356. The van der Waals surface area contributed by atoms with Crippen LogP contribution in [0.5, 0.6) is 0 Å². The van der Waals surface area contributed by atoms with Crippen LogP contribution in [0.1, 0.15) is 6.92 Å². The summed E-state index contributed by atoms with van der Waals surface area (Å²) in [5.41, 5.74) is 7.62. The number of guanidine groups is 1. The summed E-state index contributed by atoms with van der Waals surface area (Å²) >= 11 is 0. The van der Waals surface area contributed by atoms with E-state index in [0.29, 0.717) is 11.3 Å². The Kier molecular flexibility index (Phi) is 6.11. The molecule has 5 N–H and O–H groups in total. The summed E-state index contributed by atoms with van der Waals surface area (Å²) in [5, 5.41) is 19.7. The van der Waals surface area contributed by atoms with Crippen LogP contribution < -0.4 is 11.2 Å². The summed E-state index contributed by atoms with van der Waals surface area (Å²) < 4.78 is 4.91. The highest BCUT2D eigenvalue weighted by Gasteiger charge is 1.95. The maximum atomic E-state index is 9.23. The average molecular weight is 224 g/mol. The lowest BCUT2D eigenvalue weighted by molar-refractivity contribution is 0.294. The molecule has 0 spiro atoms. The molecule has 0 amide bonds. The second-order valence-electron chi connectivity index (χ2n) is 2.83. The number of nitrogens with one attached hydrogen (secondary N) is 2. The lowest BCUT2D eigenvalue weighted by atomic mass is 10.2. The van der Waals surface area contributed by atoms with E-state index < -0.39 is 0 Å². The molecule has 0 aliphatic rings. The zero-order valence-electron chi connectivity index (χ0n) is 9.32. The van der Waals surface area contributed by atoms with Crippen molar-refractivity contribution >= 4 is 12.2 Å². The molecular weight excluding hydrogens is 208 g/mol. The molecule has 0 bridgehead atoms. The quantitative estimate of drug-likeness (QED) is 0.184. The number of nitrogens with two attached hydrogens (primary N) is 1. The van der Waals surface area contributed by atoms with Gasteiger partial charge in [-0.1, -0.05) is 6.58 Å². The van der Waals surface area contributed by atoms with Crippen molar-refractivity contribution in [2.24, 2.45) is 10.8 Å². The molecule has 0 fully saturated rings. The minimum absolute atomic E-state index is 0.144. The van der Waals surface area contributed by atoms with Crippen LogP contribution in [-0.2, 0) is 4.74 Å². The predicted octanol–water partition coefficient (Wildman–Crippen LogP) is 1.00. The second kappa shape index (κ2) is 7.10. The van der Waals surface area contributed by atoms with E-state index >= 15 is 0 Å². The Morgan fingerprint density at radius 3 is 2.62 bits per heavy atom. The molecule has 16 heavy (non-hydrogen) atoms. The minimum atomic E-state index is -0.289. The summed E-state index contributed by atoms with van der Waals surface area (Å²) in [5.74, 6) is 0.240. The first-order valence-electron chi connectivity index (χ1n) is 4.41. The number of allylic oxidation sites excluding steroid dienone is 4. The van der Waals surface area contributed by atoms with Crippen molar-refractivity contribution in [3.63, 3.8) is 0 Å². The van der Waals surface area contributed by atoms with Crippen molar-refractivity contribution < 1.29 is 9.84 Å². The molecule has 0 saturated heterocycles. The summed E-state index contributed by atoms with van der Waals surface area (Å²) in [6, 6.07) is 0. The highest BCUT2D eigenvalue weighted by atomic mass is 16.5. The van der Waals surface area contributed by atoms with Gasteiger partial charge in [0.1, 0.15) is 5.76 Å². The molecule has 0 heterocycles. The smallest absolute Gasteiger partial charge is 0.206 e. The largest absolute Gasteiger partial charge is 0.508 e. The maximum absolute atomic E-state index is 9.23. The molecule has 0 aromatic heterocycles. The van der Waals surface area contributed by atoms with Gasteiger partial charge >= 0.3 is 0 Å². The van der Waals surface area contributed by atoms with Crippen LogP contribution >= 0.6 is 0 Å². The third-order valence-electron chi connectivity index (χ3n) is 1.54. The van der Waals surface area contributed by atoms with Gasteiger partial charge in [0, 0.05) is 5.57 Å². The topological polar surface area (TPSA) is 104 Å². The Morgan fingerprint density at radius 2 is 2.19 bits per heavy atom. The van der Waals surface area contributed by atoms with Gasteiger partial charge in [0.25, 0.3) is 0 Å². The van der Waals surface area contributed by atoms with Crippen molar-refractivity contribution in [2.45, 2.75) is 6.92 Å². The Hall–Kier alpha value is -2.24. The molecule has 0 atom stereocenters. The summed E-state index contributed by atoms with van der Waals surface area (Å²) in [6.45, 7) is 5.13. The van der Waals surface area contributed by atoms with Gasteiger partial charge in [-0.2, -0.15) is 5.10 Å². The fraction of sp³-hybridized carbons (Fsp3) is 0.200. The zero-order chi connectivity index (χ0) is 12.6. The number of aliphatic hydroxyl groups excluding tert-OH is 1. The third-order valence-corrected chi connectivity index (χ3v) is 1.54. The van der Waals surface area contributed by atoms with E-state index in [4.69, 9.17) is 15.9 Å². The van der Waals surface area contributed by atoms with Crippen LogP contribution in [0.2, 0.25) is 0 Å². The van der Waals surface area contributed by atoms with E-state index in [1.54, 1.807) is 26.2 Å². The molecule has 0 aromatic rings. The number of hydrogen-bond donors (Lipinski definition) is 4. The summed E-state index contributed by atoms with van der Waals surface area (Å²) in [6.07, 6.45) is 4.52. The molecule has 0 saturated carbocycles. The maximum Gasteiger partial charge on any atom is 0.206 e. The molecule has 0 unspecified atom stereocenters. The van der Waals surface area contributed by atoms with Gasteiger partial charge in [-0.15, -0.1) is 0 Å². The molecule has 0 aliphatic carbocycles. The fourth-order valence-corrected chi connectivity index (χ4v) is 0.660. The van der Waals surface area contributed by atoms with Crippen molar-refractivity contribution in [1.29, 1.82) is 5.41 Å². The van der Waals surface area contributed by atoms with Crippen LogP contribution in [0, 0.1) is 5.41 Å². The van der Waals surface area contributed by atoms with E-state index in [2.05, 4.69) is 17.1 Å². The van der Waals surface area contributed by atoms with Crippen molar-refractivity contribution in [3.05, 3.63) is 35.8 Å². The van der Waals surface area contributed by atoms with Crippen molar-refractivity contribution in [2.75, 3.05) is 7.11 Å². The molecule has 6 heteroatoms. The van der Waals surface area contributed by atoms with Gasteiger partial charge in [0.05, 0.1) is 19.1 Å². The SMILES string of the molecule is C=C(O)C(=C\C=C(/C)OC)/C=N/NC(=N)N.